The van der Waals surface area contributed by atoms with Crippen molar-refractivity contribution in [2.75, 3.05) is 31.5 Å². The molecule has 2 amide bonds. The summed E-state index contributed by atoms with van der Waals surface area (Å²) in [5.74, 6) is -0.0631. The van der Waals surface area contributed by atoms with Crippen molar-refractivity contribution >= 4 is 27.5 Å². The lowest BCUT2D eigenvalue weighted by Gasteiger charge is -2.36. The van der Waals surface area contributed by atoms with Gasteiger partial charge in [-0.05, 0) is 57.1 Å². The predicted molar refractivity (Wildman–Crippen MR) is 116 cm³/mol. The summed E-state index contributed by atoms with van der Waals surface area (Å²) >= 11 is 0. The molecule has 0 radical (unpaired) electrons. The van der Waals surface area contributed by atoms with E-state index in [-0.39, 0.29) is 29.2 Å². The van der Waals surface area contributed by atoms with E-state index < -0.39 is 16.1 Å². The summed E-state index contributed by atoms with van der Waals surface area (Å²) in [6.45, 7) is 5.71. The van der Waals surface area contributed by atoms with Crippen molar-refractivity contribution in [2.24, 2.45) is 5.92 Å². The number of ether oxygens (including phenoxy) is 1. The first-order valence-corrected chi connectivity index (χ1v) is 12.7. The normalized spacial score (nSPS) is 24.8. The monoisotopic (exact) mass is 449 g/mol. The Morgan fingerprint density at radius 1 is 1.16 bits per heavy atom. The third kappa shape index (κ3) is 4.30. The van der Waals surface area contributed by atoms with Gasteiger partial charge in [-0.25, -0.2) is 8.42 Å². The summed E-state index contributed by atoms with van der Waals surface area (Å²) in [5, 5.41) is 2.80. The van der Waals surface area contributed by atoms with Crippen LogP contribution < -0.4 is 10.1 Å². The Bertz CT molecular complexity index is 972. The minimum absolute atomic E-state index is 0.0820. The molecule has 2 fully saturated rings. The summed E-state index contributed by atoms with van der Waals surface area (Å²) in [6, 6.07) is 3.16. The van der Waals surface area contributed by atoms with E-state index in [4.69, 9.17) is 4.74 Å². The maximum absolute atomic E-state index is 13.5. The maximum Gasteiger partial charge on any atom is 0.265 e. The second-order valence-electron chi connectivity index (χ2n) is 8.71. The Balaban J connectivity index is 1.56. The SMILES string of the molecule is CCC1Oc2cc(S(=O)(=O)N3CCCC(C(=O)N4CCCCC4)C3)c(C)cc2NC1=O. The van der Waals surface area contributed by atoms with E-state index in [1.165, 1.54) is 10.4 Å². The number of benzene rings is 1. The third-order valence-corrected chi connectivity index (χ3v) is 8.49. The molecule has 3 aliphatic rings. The summed E-state index contributed by atoms with van der Waals surface area (Å²) in [5.41, 5.74) is 1.03. The molecule has 2 unspecified atom stereocenters. The van der Waals surface area contributed by atoms with E-state index in [9.17, 15) is 18.0 Å². The van der Waals surface area contributed by atoms with Crippen LogP contribution in [0, 0.1) is 12.8 Å². The molecule has 3 aliphatic heterocycles. The lowest BCUT2D eigenvalue weighted by molar-refractivity contribution is -0.137. The quantitative estimate of drug-likeness (QED) is 0.762. The van der Waals surface area contributed by atoms with Gasteiger partial charge in [0.25, 0.3) is 5.91 Å². The lowest BCUT2D eigenvalue weighted by Crippen LogP contribution is -2.48. The molecule has 170 valence electrons. The Kier molecular flexibility index (Phi) is 6.25. The molecule has 1 N–H and O–H groups in total. The van der Waals surface area contributed by atoms with Crippen molar-refractivity contribution in [3.05, 3.63) is 17.7 Å². The van der Waals surface area contributed by atoms with Gasteiger partial charge in [-0.15, -0.1) is 0 Å². The number of hydrogen-bond acceptors (Lipinski definition) is 5. The Morgan fingerprint density at radius 3 is 2.61 bits per heavy atom. The molecule has 3 heterocycles. The molecule has 2 saturated heterocycles. The summed E-state index contributed by atoms with van der Waals surface area (Å²) in [6.07, 6.45) is 4.43. The lowest BCUT2D eigenvalue weighted by atomic mass is 9.97. The second-order valence-corrected chi connectivity index (χ2v) is 10.6. The zero-order valence-electron chi connectivity index (χ0n) is 18.2. The first kappa shape index (κ1) is 22.1. The van der Waals surface area contributed by atoms with Crippen LogP contribution in [0.3, 0.4) is 0 Å². The Hall–Kier alpha value is -2.13. The van der Waals surface area contributed by atoms with Gasteiger partial charge in [0.05, 0.1) is 16.5 Å². The average molecular weight is 450 g/mol. The molecule has 1 aromatic rings. The van der Waals surface area contributed by atoms with E-state index in [1.54, 1.807) is 13.0 Å². The van der Waals surface area contributed by atoms with E-state index in [0.29, 0.717) is 36.4 Å². The molecule has 2 atom stereocenters. The van der Waals surface area contributed by atoms with Crippen molar-refractivity contribution in [1.82, 2.24) is 9.21 Å². The molecule has 31 heavy (non-hydrogen) atoms. The van der Waals surface area contributed by atoms with Crippen molar-refractivity contribution in [2.45, 2.75) is 63.4 Å². The van der Waals surface area contributed by atoms with Crippen LogP contribution in [0.1, 0.15) is 51.0 Å². The fourth-order valence-electron chi connectivity index (χ4n) is 4.71. The number of carbonyl (C=O) groups excluding carboxylic acids is 2. The summed E-state index contributed by atoms with van der Waals surface area (Å²) in [7, 11) is -3.79. The van der Waals surface area contributed by atoms with Crippen LogP contribution in [0.2, 0.25) is 0 Å². The van der Waals surface area contributed by atoms with Crippen molar-refractivity contribution in [1.29, 1.82) is 0 Å². The van der Waals surface area contributed by atoms with Gasteiger partial charge in [-0.3, -0.25) is 9.59 Å². The number of hydrogen-bond donors (Lipinski definition) is 1. The van der Waals surface area contributed by atoms with Gasteiger partial charge in [0.1, 0.15) is 5.75 Å². The highest BCUT2D eigenvalue weighted by Crippen LogP contribution is 2.36. The van der Waals surface area contributed by atoms with Crippen LogP contribution in [0.5, 0.6) is 5.75 Å². The van der Waals surface area contributed by atoms with Gasteiger partial charge in [0.15, 0.2) is 6.10 Å². The number of anilines is 1. The van der Waals surface area contributed by atoms with E-state index in [2.05, 4.69) is 5.32 Å². The van der Waals surface area contributed by atoms with Gasteiger partial charge in [0.2, 0.25) is 15.9 Å². The number of nitrogens with one attached hydrogen (secondary N) is 1. The zero-order valence-corrected chi connectivity index (χ0v) is 19.0. The number of piperidine rings is 2. The fraction of sp³-hybridized carbons (Fsp3) is 0.636. The number of amides is 2. The van der Waals surface area contributed by atoms with Crippen LogP contribution in [-0.2, 0) is 19.6 Å². The molecule has 0 aromatic heterocycles. The van der Waals surface area contributed by atoms with Gasteiger partial charge in [-0.2, -0.15) is 4.31 Å². The zero-order chi connectivity index (χ0) is 22.2. The Morgan fingerprint density at radius 2 is 1.90 bits per heavy atom. The van der Waals surface area contributed by atoms with E-state index in [0.717, 1.165) is 38.8 Å². The largest absolute Gasteiger partial charge is 0.478 e. The fourth-order valence-corrected chi connectivity index (χ4v) is 6.45. The highest BCUT2D eigenvalue weighted by atomic mass is 32.2. The summed E-state index contributed by atoms with van der Waals surface area (Å²) in [4.78, 5) is 27.1. The second kappa shape index (κ2) is 8.78. The molecule has 8 nitrogen and oxygen atoms in total. The Labute approximate surface area is 184 Å². The standard InChI is InChI=1S/C22H31N3O5S/c1-3-18-21(26)23-17-12-15(2)20(13-19(17)30-18)31(28,29)25-11-7-8-16(14-25)22(27)24-9-5-4-6-10-24/h12-13,16,18H,3-11,14H2,1-2H3,(H,23,26). The van der Waals surface area contributed by atoms with Gasteiger partial charge in [0, 0.05) is 32.2 Å². The molecule has 0 spiro atoms. The van der Waals surface area contributed by atoms with Gasteiger partial charge < -0.3 is 15.0 Å². The highest BCUT2D eigenvalue weighted by molar-refractivity contribution is 7.89. The molecular formula is C22H31N3O5S. The van der Waals surface area contributed by atoms with Crippen LogP contribution in [0.25, 0.3) is 0 Å². The van der Waals surface area contributed by atoms with E-state index in [1.807, 2.05) is 11.8 Å². The van der Waals surface area contributed by atoms with E-state index >= 15 is 0 Å². The van der Waals surface area contributed by atoms with Crippen molar-refractivity contribution in [3.8, 4) is 5.75 Å². The van der Waals surface area contributed by atoms with Crippen LogP contribution in [-0.4, -0.2) is 61.7 Å². The van der Waals surface area contributed by atoms with Crippen molar-refractivity contribution in [3.63, 3.8) is 0 Å². The minimum atomic E-state index is -3.79. The number of nitrogens with zero attached hydrogens (tertiary/aromatic N) is 2. The third-order valence-electron chi connectivity index (χ3n) is 6.49. The molecule has 1 aromatic carbocycles. The molecule has 0 bridgehead atoms. The molecule has 9 heteroatoms. The first-order chi connectivity index (χ1) is 14.8. The van der Waals surface area contributed by atoms with Gasteiger partial charge in [-0.1, -0.05) is 6.92 Å². The molecular weight excluding hydrogens is 418 g/mol. The average Bonchev–Trinajstić information content (AvgIpc) is 2.78. The van der Waals surface area contributed by atoms with Crippen LogP contribution in [0.15, 0.2) is 17.0 Å². The van der Waals surface area contributed by atoms with Crippen LogP contribution >= 0.6 is 0 Å². The number of likely N-dealkylation sites (tertiary alicyclic amines) is 1. The van der Waals surface area contributed by atoms with Gasteiger partial charge >= 0.3 is 0 Å². The topological polar surface area (TPSA) is 96.0 Å². The van der Waals surface area contributed by atoms with Crippen molar-refractivity contribution < 1.29 is 22.7 Å². The predicted octanol–water partition coefficient (Wildman–Crippen LogP) is 2.52. The number of carbonyl (C=O) groups is 2. The smallest absolute Gasteiger partial charge is 0.265 e. The van der Waals surface area contributed by atoms with Crippen LogP contribution in [0.4, 0.5) is 5.69 Å². The number of aryl methyl sites for hydroxylation is 1. The minimum Gasteiger partial charge on any atom is -0.478 e. The number of fused-ring (bicyclic) bond motifs is 1. The number of sulfonamides is 1. The molecule has 4 rings (SSSR count). The number of rotatable bonds is 4. The maximum atomic E-state index is 13.5. The molecule has 0 saturated carbocycles. The molecule has 0 aliphatic carbocycles. The summed E-state index contributed by atoms with van der Waals surface area (Å²) < 4.78 is 34.2. The first-order valence-electron chi connectivity index (χ1n) is 11.2. The highest BCUT2D eigenvalue weighted by Gasteiger charge is 2.37.